The van der Waals surface area contributed by atoms with Crippen molar-refractivity contribution in [2.45, 2.75) is 39.3 Å². The third-order valence-corrected chi connectivity index (χ3v) is 2.40. The second-order valence-electron chi connectivity index (χ2n) is 5.42. The number of nitrogens with one attached hydrogen (secondary N) is 1. The van der Waals surface area contributed by atoms with Crippen molar-refractivity contribution in [3.63, 3.8) is 0 Å². The molecule has 1 aromatic rings. The summed E-state index contributed by atoms with van der Waals surface area (Å²) in [6.07, 6.45) is -4.55. The van der Waals surface area contributed by atoms with Crippen molar-refractivity contribution in [3.05, 3.63) is 17.7 Å². The summed E-state index contributed by atoms with van der Waals surface area (Å²) in [5.74, 6) is -0.519. The maximum absolute atomic E-state index is 13.0. The molecule has 2 N–H and O–H groups in total. The van der Waals surface area contributed by atoms with Crippen LogP contribution in [-0.4, -0.2) is 23.1 Å². The maximum Gasteiger partial charge on any atom is 0.586 e. The summed E-state index contributed by atoms with van der Waals surface area (Å²) in [5, 5.41) is 11.6. The molecule has 1 aliphatic rings. The number of aliphatic hydroxyl groups is 1. The summed E-state index contributed by atoms with van der Waals surface area (Å²) in [6.45, 7) is 4.51. The minimum absolute atomic E-state index is 0.0655. The van der Waals surface area contributed by atoms with E-state index in [1.54, 1.807) is 20.8 Å². The fourth-order valence-corrected chi connectivity index (χ4v) is 1.73. The fraction of sp³-hybridized carbons (Fsp3) is 0.462. The van der Waals surface area contributed by atoms with Gasteiger partial charge in [-0.2, -0.15) is 0 Å². The first kappa shape index (κ1) is 15.3. The Labute approximate surface area is 119 Å². The number of ether oxygens (including phenoxy) is 3. The van der Waals surface area contributed by atoms with Gasteiger partial charge in [-0.15, -0.1) is 8.78 Å². The van der Waals surface area contributed by atoms with E-state index < -0.39 is 24.6 Å². The van der Waals surface area contributed by atoms with Crippen LogP contribution in [0.25, 0.3) is 0 Å². The van der Waals surface area contributed by atoms with Crippen LogP contribution in [0.3, 0.4) is 0 Å². The molecule has 1 heterocycles. The van der Waals surface area contributed by atoms with E-state index in [-0.39, 0.29) is 22.7 Å². The van der Waals surface area contributed by atoms with Crippen LogP contribution < -0.4 is 14.8 Å². The van der Waals surface area contributed by atoms with E-state index in [0.29, 0.717) is 0 Å². The van der Waals surface area contributed by atoms with Crippen LogP contribution >= 0.6 is 0 Å². The summed E-state index contributed by atoms with van der Waals surface area (Å²) in [7, 11) is 0. The van der Waals surface area contributed by atoms with Crippen molar-refractivity contribution in [2.24, 2.45) is 0 Å². The zero-order valence-electron chi connectivity index (χ0n) is 11.7. The Bertz CT molecular complexity index is 568. The second kappa shape index (κ2) is 5.03. The summed E-state index contributed by atoms with van der Waals surface area (Å²) < 4.78 is 39.7. The third kappa shape index (κ3) is 3.72. The molecular weight excluding hydrogens is 288 g/mol. The normalized spacial score (nSPS) is 15.7. The zero-order chi connectivity index (χ0) is 15.8. The van der Waals surface area contributed by atoms with Gasteiger partial charge in [0, 0.05) is 17.3 Å². The van der Waals surface area contributed by atoms with Gasteiger partial charge in [-0.3, -0.25) is 5.32 Å². The van der Waals surface area contributed by atoms with Gasteiger partial charge in [0.05, 0.1) is 6.61 Å². The van der Waals surface area contributed by atoms with Crippen LogP contribution in [-0.2, 0) is 11.3 Å². The fourth-order valence-electron chi connectivity index (χ4n) is 1.73. The number of amides is 1. The Morgan fingerprint density at radius 1 is 1.38 bits per heavy atom. The van der Waals surface area contributed by atoms with E-state index >= 15 is 0 Å². The van der Waals surface area contributed by atoms with Gasteiger partial charge in [-0.05, 0) is 26.8 Å². The molecule has 0 fully saturated rings. The average molecular weight is 303 g/mol. The quantitative estimate of drug-likeness (QED) is 0.878. The van der Waals surface area contributed by atoms with Crippen molar-refractivity contribution in [2.75, 3.05) is 5.32 Å². The SMILES string of the molecule is CC(C)(C)OC(=O)Nc1cc(CO)c2c(c1)OC(F)(F)O2. The van der Waals surface area contributed by atoms with Gasteiger partial charge in [0.15, 0.2) is 11.5 Å². The van der Waals surface area contributed by atoms with Gasteiger partial charge in [-0.1, -0.05) is 0 Å². The Balaban J connectivity index is 2.22. The van der Waals surface area contributed by atoms with E-state index in [1.807, 2.05) is 0 Å². The third-order valence-electron chi connectivity index (χ3n) is 2.40. The van der Waals surface area contributed by atoms with Gasteiger partial charge in [-0.25, -0.2) is 4.79 Å². The molecule has 0 atom stereocenters. The predicted octanol–water partition coefficient (Wildman–Crippen LogP) is 2.85. The average Bonchev–Trinajstić information content (AvgIpc) is 2.59. The number of hydrogen-bond acceptors (Lipinski definition) is 5. The van der Waals surface area contributed by atoms with Crippen molar-refractivity contribution in [1.29, 1.82) is 0 Å². The van der Waals surface area contributed by atoms with Crippen molar-refractivity contribution in [3.8, 4) is 11.5 Å². The number of hydrogen-bond donors (Lipinski definition) is 2. The number of carbonyl (C=O) groups is 1. The van der Waals surface area contributed by atoms with Crippen molar-refractivity contribution < 1.29 is 32.9 Å². The highest BCUT2D eigenvalue weighted by molar-refractivity contribution is 5.85. The van der Waals surface area contributed by atoms with E-state index in [4.69, 9.17) is 4.74 Å². The molecule has 0 aromatic heterocycles. The highest BCUT2D eigenvalue weighted by Crippen LogP contribution is 2.45. The van der Waals surface area contributed by atoms with E-state index in [9.17, 15) is 18.7 Å². The molecule has 8 heteroatoms. The molecule has 0 aliphatic carbocycles. The highest BCUT2D eigenvalue weighted by atomic mass is 19.3. The zero-order valence-corrected chi connectivity index (χ0v) is 11.7. The van der Waals surface area contributed by atoms with Crippen molar-refractivity contribution in [1.82, 2.24) is 0 Å². The van der Waals surface area contributed by atoms with Crippen LogP contribution in [0, 0.1) is 0 Å². The standard InChI is InChI=1S/C13H15F2NO5/c1-12(2,3)21-11(18)16-8-4-7(6-17)10-9(5-8)19-13(14,15)20-10/h4-5,17H,6H2,1-3H3,(H,16,18). The Morgan fingerprint density at radius 3 is 2.62 bits per heavy atom. The van der Waals surface area contributed by atoms with E-state index in [0.717, 1.165) is 0 Å². The Morgan fingerprint density at radius 2 is 2.05 bits per heavy atom. The summed E-state index contributed by atoms with van der Waals surface area (Å²) in [6, 6.07) is 2.47. The Kier molecular flexibility index (Phi) is 3.66. The molecule has 0 unspecified atom stereocenters. The van der Waals surface area contributed by atoms with Gasteiger partial charge >= 0.3 is 12.4 Å². The lowest BCUT2D eigenvalue weighted by molar-refractivity contribution is -0.287. The summed E-state index contributed by atoms with van der Waals surface area (Å²) in [5.41, 5.74) is -0.489. The Hall–Kier alpha value is -2.09. The van der Waals surface area contributed by atoms with Crippen LogP contribution in [0.2, 0.25) is 0 Å². The lowest BCUT2D eigenvalue weighted by Crippen LogP contribution is -2.27. The smallest absolute Gasteiger partial charge is 0.444 e. The van der Waals surface area contributed by atoms with Crippen LogP contribution in [0.1, 0.15) is 26.3 Å². The minimum Gasteiger partial charge on any atom is -0.444 e. The maximum atomic E-state index is 13.0. The van der Waals surface area contributed by atoms with Crippen LogP contribution in [0.15, 0.2) is 12.1 Å². The van der Waals surface area contributed by atoms with Gasteiger partial charge < -0.3 is 19.3 Å². The van der Waals surface area contributed by atoms with E-state index in [2.05, 4.69) is 14.8 Å². The number of fused-ring (bicyclic) bond motifs is 1. The monoisotopic (exact) mass is 303 g/mol. The first-order valence-corrected chi connectivity index (χ1v) is 6.13. The molecule has 0 radical (unpaired) electrons. The molecular formula is C13H15F2NO5. The molecule has 1 amide bonds. The largest absolute Gasteiger partial charge is 0.586 e. The lowest BCUT2D eigenvalue weighted by atomic mass is 10.1. The second-order valence-corrected chi connectivity index (χ2v) is 5.42. The number of aliphatic hydroxyl groups excluding tert-OH is 1. The molecule has 1 aromatic carbocycles. The molecule has 21 heavy (non-hydrogen) atoms. The van der Waals surface area contributed by atoms with Crippen molar-refractivity contribution >= 4 is 11.8 Å². The van der Waals surface area contributed by atoms with Crippen LogP contribution in [0.4, 0.5) is 19.3 Å². The molecule has 0 spiro atoms. The van der Waals surface area contributed by atoms with Crippen LogP contribution in [0.5, 0.6) is 11.5 Å². The predicted molar refractivity (Wildman–Crippen MR) is 68.4 cm³/mol. The molecule has 116 valence electrons. The molecule has 0 saturated carbocycles. The number of rotatable bonds is 2. The number of benzene rings is 1. The highest BCUT2D eigenvalue weighted by Gasteiger charge is 2.44. The minimum atomic E-state index is -3.79. The lowest BCUT2D eigenvalue weighted by Gasteiger charge is -2.19. The van der Waals surface area contributed by atoms with Gasteiger partial charge in [0.25, 0.3) is 0 Å². The van der Waals surface area contributed by atoms with Gasteiger partial charge in [0.2, 0.25) is 0 Å². The molecule has 0 bridgehead atoms. The summed E-state index contributed by atoms with van der Waals surface area (Å²) in [4.78, 5) is 11.6. The first-order chi connectivity index (χ1) is 9.59. The number of halogens is 2. The molecule has 6 nitrogen and oxygen atoms in total. The summed E-state index contributed by atoms with van der Waals surface area (Å²) >= 11 is 0. The topological polar surface area (TPSA) is 77.0 Å². The number of carbonyl (C=O) groups excluding carboxylic acids is 1. The van der Waals surface area contributed by atoms with E-state index in [1.165, 1.54) is 12.1 Å². The van der Waals surface area contributed by atoms with Gasteiger partial charge in [0.1, 0.15) is 5.60 Å². The molecule has 2 rings (SSSR count). The molecule has 1 aliphatic heterocycles. The number of alkyl halides is 2. The number of anilines is 1. The molecule has 0 saturated heterocycles. The first-order valence-electron chi connectivity index (χ1n) is 6.13.